The monoisotopic (exact) mass is 435 g/mol. The third-order valence-corrected chi connectivity index (χ3v) is 5.60. The molecule has 0 saturated carbocycles. The Balaban J connectivity index is 1.53. The van der Waals surface area contributed by atoms with E-state index in [0.717, 1.165) is 10.9 Å². The molecule has 2 heterocycles. The van der Waals surface area contributed by atoms with Gasteiger partial charge in [0.05, 0.1) is 22.5 Å². The molecule has 0 saturated heterocycles. The number of pyridine rings is 1. The minimum atomic E-state index is -0.348. The van der Waals surface area contributed by atoms with Crippen molar-refractivity contribution in [2.75, 3.05) is 11.1 Å². The van der Waals surface area contributed by atoms with Crippen LogP contribution in [0.5, 0.6) is 0 Å². The molecule has 0 radical (unpaired) electrons. The SMILES string of the molecule is CC(C)Cn1c(SCC(=O)Nc2cccc3ncccc23)nnc1-c1ccccc1F. The van der Waals surface area contributed by atoms with E-state index in [4.69, 9.17) is 0 Å². The van der Waals surface area contributed by atoms with Gasteiger partial charge in [-0.2, -0.15) is 0 Å². The maximum absolute atomic E-state index is 14.3. The number of carbonyl (C=O) groups is 1. The summed E-state index contributed by atoms with van der Waals surface area (Å²) in [7, 11) is 0. The van der Waals surface area contributed by atoms with Crippen LogP contribution in [0.2, 0.25) is 0 Å². The molecule has 0 bridgehead atoms. The first-order chi connectivity index (χ1) is 15.0. The molecule has 0 unspecified atom stereocenters. The number of thioether (sulfide) groups is 1. The van der Waals surface area contributed by atoms with Crippen molar-refractivity contribution in [3.63, 3.8) is 0 Å². The molecule has 8 heteroatoms. The molecule has 2 aromatic heterocycles. The lowest BCUT2D eigenvalue weighted by Crippen LogP contribution is -2.15. The van der Waals surface area contributed by atoms with Crippen LogP contribution in [0.25, 0.3) is 22.3 Å². The summed E-state index contributed by atoms with van der Waals surface area (Å²) < 4.78 is 16.2. The second-order valence-corrected chi connectivity index (χ2v) is 8.45. The summed E-state index contributed by atoms with van der Waals surface area (Å²) in [5, 5.41) is 12.9. The van der Waals surface area contributed by atoms with Crippen LogP contribution in [0.15, 0.2) is 66.0 Å². The second-order valence-electron chi connectivity index (χ2n) is 7.50. The van der Waals surface area contributed by atoms with E-state index in [1.807, 2.05) is 34.9 Å². The number of fused-ring (bicyclic) bond motifs is 1. The summed E-state index contributed by atoms with van der Waals surface area (Å²) in [5.74, 6) is 0.420. The van der Waals surface area contributed by atoms with Gasteiger partial charge < -0.3 is 9.88 Å². The van der Waals surface area contributed by atoms with Gasteiger partial charge in [0.2, 0.25) is 5.91 Å². The lowest BCUT2D eigenvalue weighted by atomic mass is 10.2. The van der Waals surface area contributed by atoms with Crippen molar-refractivity contribution in [2.45, 2.75) is 25.5 Å². The summed E-state index contributed by atoms with van der Waals surface area (Å²) >= 11 is 1.28. The van der Waals surface area contributed by atoms with E-state index in [-0.39, 0.29) is 17.5 Å². The highest BCUT2D eigenvalue weighted by atomic mass is 32.2. The predicted molar refractivity (Wildman–Crippen MR) is 121 cm³/mol. The predicted octanol–water partition coefficient (Wildman–Crippen LogP) is 5.02. The molecule has 0 atom stereocenters. The summed E-state index contributed by atoms with van der Waals surface area (Å²) in [4.78, 5) is 16.9. The van der Waals surface area contributed by atoms with Gasteiger partial charge in [-0.25, -0.2) is 4.39 Å². The standard InChI is InChI=1S/C23H22FN5OS/c1-15(2)13-29-22(16-7-3-4-9-18(16)24)27-28-23(29)31-14-21(30)26-20-11-5-10-19-17(20)8-6-12-25-19/h3-12,15H,13-14H2,1-2H3,(H,26,30). The van der Waals surface area contributed by atoms with Crippen LogP contribution in [0, 0.1) is 11.7 Å². The number of hydrogen-bond donors (Lipinski definition) is 1. The van der Waals surface area contributed by atoms with Crippen LogP contribution in [0.1, 0.15) is 13.8 Å². The molecule has 0 spiro atoms. The van der Waals surface area contributed by atoms with Crippen LogP contribution in [-0.2, 0) is 11.3 Å². The number of benzene rings is 2. The van der Waals surface area contributed by atoms with Gasteiger partial charge in [-0.05, 0) is 42.3 Å². The van der Waals surface area contributed by atoms with Gasteiger partial charge in [0.1, 0.15) is 5.82 Å². The van der Waals surface area contributed by atoms with Crippen molar-refractivity contribution in [3.8, 4) is 11.4 Å². The molecule has 0 aliphatic heterocycles. The van der Waals surface area contributed by atoms with Gasteiger partial charge >= 0.3 is 0 Å². The molecule has 0 fully saturated rings. The average Bonchev–Trinajstić information content (AvgIpc) is 3.14. The Bertz CT molecular complexity index is 1220. The van der Waals surface area contributed by atoms with E-state index >= 15 is 0 Å². The van der Waals surface area contributed by atoms with E-state index in [2.05, 4.69) is 34.3 Å². The third kappa shape index (κ3) is 4.74. The zero-order valence-electron chi connectivity index (χ0n) is 17.2. The fourth-order valence-corrected chi connectivity index (χ4v) is 4.04. The molecule has 1 N–H and O–H groups in total. The smallest absolute Gasteiger partial charge is 0.234 e. The molecule has 0 aliphatic carbocycles. The van der Waals surface area contributed by atoms with E-state index < -0.39 is 0 Å². The number of carbonyl (C=O) groups excluding carboxylic acids is 1. The molecule has 0 aliphatic rings. The Morgan fingerprint density at radius 3 is 2.74 bits per heavy atom. The van der Waals surface area contributed by atoms with Crippen molar-refractivity contribution in [1.82, 2.24) is 19.7 Å². The lowest BCUT2D eigenvalue weighted by molar-refractivity contribution is -0.113. The molecular formula is C23H22FN5OS. The van der Waals surface area contributed by atoms with Gasteiger partial charge in [0.25, 0.3) is 0 Å². The molecular weight excluding hydrogens is 413 g/mol. The highest BCUT2D eigenvalue weighted by Crippen LogP contribution is 2.27. The van der Waals surface area contributed by atoms with Gasteiger partial charge in [0, 0.05) is 18.1 Å². The number of halogens is 1. The summed E-state index contributed by atoms with van der Waals surface area (Å²) in [5.41, 5.74) is 1.93. The number of anilines is 1. The number of rotatable bonds is 7. The first-order valence-electron chi connectivity index (χ1n) is 9.97. The molecule has 2 aromatic carbocycles. The minimum absolute atomic E-state index is 0.157. The number of aromatic nitrogens is 4. The summed E-state index contributed by atoms with van der Waals surface area (Å²) in [6, 6.07) is 15.9. The van der Waals surface area contributed by atoms with Crippen molar-refractivity contribution in [3.05, 3.63) is 66.6 Å². The summed E-state index contributed by atoms with van der Waals surface area (Å²) in [6.45, 7) is 4.76. The van der Waals surface area contributed by atoms with Crippen LogP contribution in [0.4, 0.5) is 10.1 Å². The van der Waals surface area contributed by atoms with Gasteiger partial charge in [0.15, 0.2) is 11.0 Å². The number of amides is 1. The third-order valence-electron chi connectivity index (χ3n) is 4.63. The molecule has 1 amide bonds. The second kappa shape index (κ2) is 9.26. The first kappa shape index (κ1) is 21.0. The van der Waals surface area contributed by atoms with Gasteiger partial charge in [-0.1, -0.05) is 43.8 Å². The van der Waals surface area contributed by atoms with Gasteiger partial charge in [-0.3, -0.25) is 9.78 Å². The van der Waals surface area contributed by atoms with Crippen molar-refractivity contribution in [1.29, 1.82) is 0 Å². The molecule has 31 heavy (non-hydrogen) atoms. The maximum atomic E-state index is 14.3. The number of nitrogens with zero attached hydrogens (tertiary/aromatic N) is 4. The zero-order valence-corrected chi connectivity index (χ0v) is 18.1. The van der Waals surface area contributed by atoms with E-state index in [1.165, 1.54) is 17.8 Å². The maximum Gasteiger partial charge on any atom is 0.234 e. The quantitative estimate of drug-likeness (QED) is 0.413. The average molecular weight is 436 g/mol. The Morgan fingerprint density at radius 1 is 1.10 bits per heavy atom. The van der Waals surface area contributed by atoms with Gasteiger partial charge in [-0.15, -0.1) is 10.2 Å². The first-order valence-corrected chi connectivity index (χ1v) is 11.0. The van der Waals surface area contributed by atoms with Crippen LogP contribution in [0.3, 0.4) is 0 Å². The number of hydrogen-bond acceptors (Lipinski definition) is 5. The van der Waals surface area contributed by atoms with E-state index in [0.29, 0.717) is 34.7 Å². The largest absolute Gasteiger partial charge is 0.325 e. The summed E-state index contributed by atoms with van der Waals surface area (Å²) in [6.07, 6.45) is 1.72. The fourth-order valence-electron chi connectivity index (χ4n) is 3.30. The Kier molecular flexibility index (Phi) is 6.27. The lowest BCUT2D eigenvalue weighted by Gasteiger charge is -2.13. The Hall–Kier alpha value is -3.26. The van der Waals surface area contributed by atoms with Crippen LogP contribution < -0.4 is 5.32 Å². The van der Waals surface area contributed by atoms with E-state index in [9.17, 15) is 9.18 Å². The normalized spacial score (nSPS) is 11.2. The molecule has 4 rings (SSSR count). The Labute approximate surface area is 183 Å². The highest BCUT2D eigenvalue weighted by Gasteiger charge is 2.19. The van der Waals surface area contributed by atoms with Crippen molar-refractivity contribution < 1.29 is 9.18 Å². The minimum Gasteiger partial charge on any atom is -0.325 e. The fraction of sp³-hybridized carbons (Fsp3) is 0.217. The van der Waals surface area contributed by atoms with Crippen LogP contribution >= 0.6 is 11.8 Å². The molecule has 6 nitrogen and oxygen atoms in total. The zero-order chi connectivity index (χ0) is 21.8. The molecule has 158 valence electrons. The van der Waals surface area contributed by atoms with Crippen molar-refractivity contribution >= 4 is 34.3 Å². The highest BCUT2D eigenvalue weighted by molar-refractivity contribution is 7.99. The van der Waals surface area contributed by atoms with Crippen molar-refractivity contribution in [2.24, 2.45) is 5.92 Å². The topological polar surface area (TPSA) is 72.7 Å². The van der Waals surface area contributed by atoms with E-state index in [1.54, 1.807) is 24.4 Å². The molecule has 4 aromatic rings. The number of nitrogens with one attached hydrogen (secondary N) is 1. The Morgan fingerprint density at radius 2 is 1.94 bits per heavy atom. The van der Waals surface area contributed by atoms with Crippen LogP contribution in [-0.4, -0.2) is 31.4 Å².